The van der Waals surface area contributed by atoms with Gasteiger partial charge < -0.3 is 5.32 Å². The average molecular weight is 417 g/mol. The highest BCUT2D eigenvalue weighted by Crippen LogP contribution is 2.54. The molecule has 4 atom stereocenters. The standard InChI is InChI=1S/C24H23N3O4/c1-12(2)20-18-19(24(26-20)16-6-4-5-7-17(16)25-23(24)31)22(30)27(21(18)29)15-10-8-14(9-11-15)13(3)28/h4-12,18-20,26H,1-3H3,(H,25,31). The molecule has 2 saturated heterocycles. The van der Waals surface area contributed by atoms with Gasteiger partial charge in [-0.05, 0) is 43.2 Å². The second kappa shape index (κ2) is 6.59. The van der Waals surface area contributed by atoms with Crippen molar-refractivity contribution in [3.8, 4) is 0 Å². The Bertz CT molecular complexity index is 1140. The fourth-order valence-corrected chi connectivity index (χ4v) is 5.36. The van der Waals surface area contributed by atoms with Crippen LogP contribution in [0.5, 0.6) is 0 Å². The number of nitrogens with zero attached hydrogens (tertiary/aromatic N) is 1. The van der Waals surface area contributed by atoms with E-state index in [0.717, 1.165) is 0 Å². The highest BCUT2D eigenvalue weighted by atomic mass is 16.2. The average Bonchev–Trinajstić information content (AvgIpc) is 3.33. The summed E-state index contributed by atoms with van der Waals surface area (Å²) < 4.78 is 0. The lowest BCUT2D eigenvalue weighted by Gasteiger charge is -2.30. The maximum atomic E-state index is 13.7. The molecule has 5 rings (SSSR count). The summed E-state index contributed by atoms with van der Waals surface area (Å²) in [7, 11) is 0. The Morgan fingerprint density at radius 2 is 1.68 bits per heavy atom. The number of anilines is 2. The van der Waals surface area contributed by atoms with E-state index in [0.29, 0.717) is 22.5 Å². The van der Waals surface area contributed by atoms with Crippen LogP contribution in [0.1, 0.15) is 36.7 Å². The first-order valence-corrected chi connectivity index (χ1v) is 10.4. The largest absolute Gasteiger partial charge is 0.324 e. The van der Waals surface area contributed by atoms with Gasteiger partial charge in [-0.25, -0.2) is 4.90 Å². The van der Waals surface area contributed by atoms with E-state index >= 15 is 0 Å². The molecule has 3 aliphatic heterocycles. The first-order chi connectivity index (χ1) is 14.8. The summed E-state index contributed by atoms with van der Waals surface area (Å²) in [5, 5.41) is 6.30. The van der Waals surface area contributed by atoms with Crippen molar-refractivity contribution in [1.82, 2.24) is 5.32 Å². The molecule has 0 radical (unpaired) electrons. The van der Waals surface area contributed by atoms with Crippen molar-refractivity contribution in [2.75, 3.05) is 10.2 Å². The van der Waals surface area contributed by atoms with Crippen molar-refractivity contribution in [3.05, 3.63) is 59.7 Å². The van der Waals surface area contributed by atoms with Crippen molar-refractivity contribution in [1.29, 1.82) is 0 Å². The van der Waals surface area contributed by atoms with E-state index in [9.17, 15) is 19.2 Å². The number of amides is 3. The lowest BCUT2D eigenvalue weighted by molar-refractivity contribution is -0.130. The first-order valence-electron chi connectivity index (χ1n) is 10.4. The van der Waals surface area contributed by atoms with Crippen LogP contribution in [0.25, 0.3) is 0 Å². The van der Waals surface area contributed by atoms with E-state index in [4.69, 9.17) is 0 Å². The predicted molar refractivity (Wildman–Crippen MR) is 114 cm³/mol. The molecule has 158 valence electrons. The van der Waals surface area contributed by atoms with Crippen LogP contribution in [0.2, 0.25) is 0 Å². The number of ketones is 1. The Morgan fingerprint density at radius 3 is 2.32 bits per heavy atom. The summed E-state index contributed by atoms with van der Waals surface area (Å²) >= 11 is 0. The van der Waals surface area contributed by atoms with Gasteiger partial charge in [-0.2, -0.15) is 0 Å². The molecule has 31 heavy (non-hydrogen) atoms. The maximum Gasteiger partial charge on any atom is 0.250 e. The zero-order valence-electron chi connectivity index (χ0n) is 17.5. The number of nitrogens with one attached hydrogen (secondary N) is 2. The smallest absolute Gasteiger partial charge is 0.250 e. The van der Waals surface area contributed by atoms with E-state index in [1.165, 1.54) is 11.8 Å². The van der Waals surface area contributed by atoms with Gasteiger partial charge in [0.15, 0.2) is 5.78 Å². The van der Waals surface area contributed by atoms with E-state index in [2.05, 4.69) is 10.6 Å². The Labute approximate surface area is 179 Å². The molecule has 2 fully saturated rings. The fourth-order valence-electron chi connectivity index (χ4n) is 5.36. The van der Waals surface area contributed by atoms with Crippen LogP contribution in [0.3, 0.4) is 0 Å². The molecule has 2 aromatic carbocycles. The Hall–Kier alpha value is -3.32. The molecule has 7 nitrogen and oxygen atoms in total. The number of carbonyl (C=O) groups excluding carboxylic acids is 4. The van der Waals surface area contributed by atoms with Crippen molar-refractivity contribution in [3.63, 3.8) is 0 Å². The summed E-state index contributed by atoms with van der Waals surface area (Å²) in [6, 6.07) is 13.4. The van der Waals surface area contributed by atoms with Crippen LogP contribution >= 0.6 is 0 Å². The molecule has 0 bridgehead atoms. The molecule has 3 heterocycles. The van der Waals surface area contributed by atoms with E-state index in [1.807, 2.05) is 32.0 Å². The maximum absolute atomic E-state index is 13.7. The quantitative estimate of drug-likeness (QED) is 0.591. The second-order valence-corrected chi connectivity index (χ2v) is 8.84. The van der Waals surface area contributed by atoms with Crippen molar-refractivity contribution in [2.45, 2.75) is 32.4 Å². The third kappa shape index (κ3) is 2.50. The molecule has 3 aliphatic rings. The zero-order chi connectivity index (χ0) is 22.1. The van der Waals surface area contributed by atoms with Gasteiger partial charge in [0.25, 0.3) is 0 Å². The summed E-state index contributed by atoms with van der Waals surface area (Å²) in [6.07, 6.45) is 0. The lowest BCUT2D eigenvalue weighted by atomic mass is 9.76. The highest BCUT2D eigenvalue weighted by molar-refractivity contribution is 6.25. The van der Waals surface area contributed by atoms with E-state index in [1.54, 1.807) is 30.3 Å². The monoisotopic (exact) mass is 417 g/mol. The number of imide groups is 1. The van der Waals surface area contributed by atoms with Gasteiger partial charge in [-0.15, -0.1) is 0 Å². The summed E-state index contributed by atoms with van der Waals surface area (Å²) in [5.41, 5.74) is 1.00. The number of hydrogen-bond donors (Lipinski definition) is 2. The lowest BCUT2D eigenvalue weighted by Crippen LogP contribution is -2.54. The third-order valence-electron chi connectivity index (χ3n) is 6.81. The van der Waals surface area contributed by atoms with Crippen molar-refractivity contribution < 1.29 is 19.2 Å². The molecule has 0 saturated carbocycles. The van der Waals surface area contributed by atoms with Gasteiger partial charge in [0, 0.05) is 22.9 Å². The van der Waals surface area contributed by atoms with Crippen LogP contribution in [0.4, 0.5) is 11.4 Å². The number of Topliss-reactive ketones (excluding diaryl/α,β-unsaturated/α-hetero) is 1. The van der Waals surface area contributed by atoms with Gasteiger partial charge in [0.2, 0.25) is 17.7 Å². The zero-order valence-corrected chi connectivity index (χ0v) is 17.5. The summed E-state index contributed by atoms with van der Waals surface area (Å²) in [4.78, 5) is 53.4. The minimum Gasteiger partial charge on any atom is -0.324 e. The molecule has 2 aromatic rings. The number of carbonyl (C=O) groups is 4. The van der Waals surface area contributed by atoms with Gasteiger partial charge in [0.05, 0.1) is 17.5 Å². The molecule has 7 heteroatoms. The third-order valence-corrected chi connectivity index (χ3v) is 6.81. The molecule has 0 aromatic heterocycles. The summed E-state index contributed by atoms with van der Waals surface area (Å²) in [5.74, 6) is -2.57. The molecule has 0 aliphatic carbocycles. The Kier molecular flexibility index (Phi) is 4.17. The van der Waals surface area contributed by atoms with Gasteiger partial charge in [0.1, 0.15) is 5.54 Å². The molecular weight excluding hydrogens is 394 g/mol. The number of hydrogen-bond acceptors (Lipinski definition) is 5. The van der Waals surface area contributed by atoms with Crippen LogP contribution in [0, 0.1) is 17.8 Å². The minimum absolute atomic E-state index is 0.0317. The van der Waals surface area contributed by atoms with Crippen molar-refractivity contribution >= 4 is 34.9 Å². The van der Waals surface area contributed by atoms with Crippen LogP contribution < -0.4 is 15.5 Å². The van der Waals surface area contributed by atoms with Gasteiger partial charge in [-0.1, -0.05) is 32.0 Å². The Morgan fingerprint density at radius 1 is 1.00 bits per heavy atom. The second-order valence-electron chi connectivity index (χ2n) is 8.84. The number of benzene rings is 2. The van der Waals surface area contributed by atoms with Crippen molar-refractivity contribution in [2.24, 2.45) is 17.8 Å². The number of fused-ring (bicyclic) bond motifs is 4. The SMILES string of the molecule is CC(=O)c1ccc(N2C(=O)C3C(C(C)C)NC4(C(=O)Nc5ccccc54)C3C2=O)cc1. The van der Waals surface area contributed by atoms with Crippen LogP contribution in [-0.4, -0.2) is 29.5 Å². The summed E-state index contributed by atoms with van der Waals surface area (Å²) in [6.45, 7) is 5.42. The van der Waals surface area contributed by atoms with Crippen LogP contribution in [0.15, 0.2) is 48.5 Å². The predicted octanol–water partition coefficient (Wildman–Crippen LogP) is 2.47. The van der Waals surface area contributed by atoms with E-state index in [-0.39, 0.29) is 29.6 Å². The van der Waals surface area contributed by atoms with Gasteiger partial charge >= 0.3 is 0 Å². The molecular formula is C24H23N3O4. The normalized spacial score (nSPS) is 29.0. The van der Waals surface area contributed by atoms with Gasteiger partial charge in [-0.3, -0.25) is 24.5 Å². The van der Waals surface area contributed by atoms with E-state index < -0.39 is 23.3 Å². The first kappa shape index (κ1) is 19.6. The topological polar surface area (TPSA) is 95.6 Å². The molecule has 1 spiro atoms. The number of para-hydroxylation sites is 1. The molecule has 2 N–H and O–H groups in total. The number of rotatable bonds is 3. The van der Waals surface area contributed by atoms with Crippen LogP contribution in [-0.2, 0) is 19.9 Å². The molecule has 4 unspecified atom stereocenters. The highest BCUT2D eigenvalue weighted by Gasteiger charge is 2.70. The minimum atomic E-state index is -1.28. The fraction of sp³-hybridized carbons (Fsp3) is 0.333. The molecule has 3 amide bonds. The Balaban J connectivity index is 1.64.